The van der Waals surface area contributed by atoms with Crippen LogP contribution >= 0.6 is 34.8 Å². The van der Waals surface area contributed by atoms with Gasteiger partial charge in [-0.2, -0.15) is 0 Å². The number of halogens is 1. The third kappa shape index (κ3) is 4.38. The summed E-state index contributed by atoms with van der Waals surface area (Å²) in [5.41, 5.74) is 1.36. The van der Waals surface area contributed by atoms with Crippen molar-refractivity contribution in [2.24, 2.45) is 0 Å². The fourth-order valence-electron chi connectivity index (χ4n) is 1.70. The third-order valence-electron chi connectivity index (χ3n) is 2.82. The van der Waals surface area contributed by atoms with Crippen LogP contribution in [0.15, 0.2) is 36.4 Å². The zero-order valence-electron chi connectivity index (χ0n) is 12.0. The molecule has 1 heterocycles. The number of methoxy groups -OCH3 is 1. The van der Waals surface area contributed by atoms with E-state index in [0.29, 0.717) is 17.1 Å². The second kappa shape index (κ2) is 7.50. The molecular formula is C15H14IN3O2S. The molecule has 22 heavy (non-hydrogen) atoms. The lowest BCUT2D eigenvalue weighted by Gasteiger charge is -2.10. The molecule has 0 aliphatic carbocycles. The first kappa shape index (κ1) is 16.6. The normalized spacial score (nSPS) is 9.95. The van der Waals surface area contributed by atoms with Crippen LogP contribution in [0.1, 0.15) is 16.1 Å². The van der Waals surface area contributed by atoms with Gasteiger partial charge in [-0.1, -0.05) is 6.07 Å². The second-order valence-corrected chi connectivity index (χ2v) is 5.97. The van der Waals surface area contributed by atoms with Gasteiger partial charge in [0, 0.05) is 9.13 Å². The summed E-state index contributed by atoms with van der Waals surface area (Å²) in [4.78, 5) is 16.5. The Morgan fingerprint density at radius 1 is 1.32 bits per heavy atom. The Hall–Kier alpha value is -1.74. The van der Waals surface area contributed by atoms with E-state index in [1.807, 2.05) is 13.0 Å². The highest BCUT2D eigenvalue weighted by molar-refractivity contribution is 14.1. The molecule has 2 rings (SSSR count). The van der Waals surface area contributed by atoms with Crippen LogP contribution in [0.4, 0.5) is 5.82 Å². The van der Waals surface area contributed by atoms with Gasteiger partial charge in [0.2, 0.25) is 0 Å². The van der Waals surface area contributed by atoms with Crippen LogP contribution in [-0.2, 0) is 0 Å². The number of anilines is 1. The van der Waals surface area contributed by atoms with Crippen LogP contribution in [0, 0.1) is 10.5 Å². The summed E-state index contributed by atoms with van der Waals surface area (Å²) in [6.45, 7) is 1.91. The van der Waals surface area contributed by atoms with Crippen LogP contribution in [0.25, 0.3) is 0 Å². The molecule has 1 aromatic heterocycles. The van der Waals surface area contributed by atoms with Crippen LogP contribution in [0.5, 0.6) is 5.75 Å². The van der Waals surface area contributed by atoms with Gasteiger partial charge in [0.25, 0.3) is 5.91 Å². The molecule has 1 amide bonds. The molecule has 2 aromatic rings. The number of amides is 1. The van der Waals surface area contributed by atoms with Crippen LogP contribution in [0.3, 0.4) is 0 Å². The number of hydrogen-bond acceptors (Lipinski definition) is 4. The molecule has 1 aromatic carbocycles. The molecule has 2 N–H and O–H groups in total. The summed E-state index contributed by atoms with van der Waals surface area (Å²) < 4.78 is 6.16. The summed E-state index contributed by atoms with van der Waals surface area (Å²) >= 11 is 7.34. The van der Waals surface area contributed by atoms with Gasteiger partial charge in [0.05, 0.1) is 12.8 Å². The lowest BCUT2D eigenvalue weighted by molar-refractivity contribution is 0.0977. The minimum Gasteiger partial charge on any atom is -0.497 e. The van der Waals surface area contributed by atoms with E-state index in [4.69, 9.17) is 17.0 Å². The maximum atomic E-state index is 12.1. The number of pyridine rings is 1. The molecule has 114 valence electrons. The average Bonchev–Trinajstić information content (AvgIpc) is 2.51. The smallest absolute Gasteiger partial charge is 0.257 e. The predicted octanol–water partition coefficient (Wildman–Crippen LogP) is 3.13. The topological polar surface area (TPSA) is 63.2 Å². The number of thiocarbonyl (C=S) groups is 1. The number of hydrogen-bond donors (Lipinski definition) is 2. The zero-order chi connectivity index (χ0) is 16.1. The molecule has 0 aliphatic heterocycles. The molecule has 0 unspecified atom stereocenters. The summed E-state index contributed by atoms with van der Waals surface area (Å²) in [5, 5.41) is 5.70. The minimum absolute atomic E-state index is 0.195. The van der Waals surface area contributed by atoms with Gasteiger partial charge in [-0.3, -0.25) is 10.1 Å². The molecule has 0 saturated heterocycles. The Labute approximate surface area is 147 Å². The predicted molar refractivity (Wildman–Crippen MR) is 98.4 cm³/mol. The minimum atomic E-state index is -0.307. The van der Waals surface area contributed by atoms with Gasteiger partial charge in [-0.25, -0.2) is 4.98 Å². The molecule has 0 fully saturated rings. The highest BCUT2D eigenvalue weighted by Crippen LogP contribution is 2.13. The molecule has 0 bridgehead atoms. The molecule has 5 nitrogen and oxygen atoms in total. The second-order valence-electron chi connectivity index (χ2n) is 4.40. The van der Waals surface area contributed by atoms with E-state index in [1.54, 1.807) is 37.4 Å². The Morgan fingerprint density at radius 2 is 2.09 bits per heavy atom. The first-order valence-corrected chi connectivity index (χ1v) is 7.88. The Morgan fingerprint density at radius 3 is 2.77 bits per heavy atom. The lowest BCUT2D eigenvalue weighted by Crippen LogP contribution is -2.34. The van der Waals surface area contributed by atoms with Crippen LogP contribution < -0.4 is 15.4 Å². The number of nitrogens with one attached hydrogen (secondary N) is 2. The van der Waals surface area contributed by atoms with E-state index in [2.05, 4.69) is 38.2 Å². The van der Waals surface area contributed by atoms with Gasteiger partial charge < -0.3 is 10.1 Å². The molecule has 0 saturated carbocycles. The van der Waals surface area contributed by atoms with E-state index < -0.39 is 0 Å². The summed E-state index contributed by atoms with van der Waals surface area (Å²) in [5.74, 6) is 0.897. The average molecular weight is 427 g/mol. The first-order chi connectivity index (χ1) is 10.5. The standard InChI is InChI=1S/C15H14IN3O2S/c1-9-12(16)6-7-13(17-9)18-15(22)19-14(20)10-4-3-5-11(8-10)21-2/h3-8H,1-2H3,(H2,17,18,19,20,22). The monoisotopic (exact) mass is 427 g/mol. The van der Waals surface area contributed by atoms with Crippen molar-refractivity contribution in [2.45, 2.75) is 6.92 Å². The Balaban J connectivity index is 2.01. The number of rotatable bonds is 3. The van der Waals surface area contributed by atoms with Crippen molar-refractivity contribution >= 4 is 51.6 Å². The van der Waals surface area contributed by atoms with E-state index in [-0.39, 0.29) is 11.0 Å². The van der Waals surface area contributed by atoms with Crippen molar-refractivity contribution < 1.29 is 9.53 Å². The maximum Gasteiger partial charge on any atom is 0.257 e. The van der Waals surface area contributed by atoms with Crippen molar-refractivity contribution in [1.29, 1.82) is 0 Å². The summed E-state index contributed by atoms with van der Waals surface area (Å²) in [6.07, 6.45) is 0. The zero-order valence-corrected chi connectivity index (χ0v) is 15.0. The van der Waals surface area contributed by atoms with Gasteiger partial charge in [0.15, 0.2) is 5.11 Å². The van der Waals surface area contributed by atoms with Crippen molar-refractivity contribution in [3.8, 4) is 5.75 Å². The third-order valence-corrected chi connectivity index (χ3v) is 4.17. The van der Waals surface area contributed by atoms with E-state index in [1.165, 1.54) is 0 Å². The van der Waals surface area contributed by atoms with Gasteiger partial charge in [-0.15, -0.1) is 0 Å². The highest BCUT2D eigenvalue weighted by Gasteiger charge is 2.09. The maximum absolute atomic E-state index is 12.1. The SMILES string of the molecule is COc1cccc(C(=O)NC(=S)Nc2ccc(I)c(C)n2)c1. The van der Waals surface area contributed by atoms with Crippen molar-refractivity contribution in [1.82, 2.24) is 10.3 Å². The van der Waals surface area contributed by atoms with E-state index in [0.717, 1.165) is 9.26 Å². The number of nitrogens with zero attached hydrogens (tertiary/aromatic N) is 1. The number of aryl methyl sites for hydroxylation is 1. The molecule has 0 atom stereocenters. The van der Waals surface area contributed by atoms with Gasteiger partial charge in [0.1, 0.15) is 11.6 Å². The molecule has 7 heteroatoms. The number of aromatic nitrogens is 1. The molecule has 0 spiro atoms. The van der Waals surface area contributed by atoms with Gasteiger partial charge >= 0.3 is 0 Å². The number of carbonyl (C=O) groups is 1. The largest absolute Gasteiger partial charge is 0.497 e. The summed E-state index contributed by atoms with van der Waals surface area (Å²) in [7, 11) is 1.55. The van der Waals surface area contributed by atoms with Crippen molar-refractivity contribution in [3.05, 3.63) is 51.2 Å². The van der Waals surface area contributed by atoms with E-state index >= 15 is 0 Å². The fraction of sp³-hybridized carbons (Fsp3) is 0.133. The fourth-order valence-corrected chi connectivity index (χ4v) is 2.20. The molecule has 0 aliphatic rings. The quantitative estimate of drug-likeness (QED) is 0.582. The molecule has 0 radical (unpaired) electrons. The lowest BCUT2D eigenvalue weighted by atomic mass is 10.2. The number of ether oxygens (including phenoxy) is 1. The van der Waals surface area contributed by atoms with Crippen molar-refractivity contribution in [3.63, 3.8) is 0 Å². The van der Waals surface area contributed by atoms with Crippen LogP contribution in [0.2, 0.25) is 0 Å². The summed E-state index contributed by atoms with van der Waals surface area (Å²) in [6, 6.07) is 10.6. The van der Waals surface area contributed by atoms with Crippen molar-refractivity contribution in [2.75, 3.05) is 12.4 Å². The van der Waals surface area contributed by atoms with E-state index in [9.17, 15) is 4.79 Å². The van der Waals surface area contributed by atoms with Gasteiger partial charge in [-0.05, 0) is 72.1 Å². The first-order valence-electron chi connectivity index (χ1n) is 6.39. The Kier molecular flexibility index (Phi) is 5.67. The van der Waals surface area contributed by atoms with Crippen LogP contribution in [-0.4, -0.2) is 23.1 Å². The number of carbonyl (C=O) groups excluding carboxylic acids is 1. The Bertz CT molecular complexity index is 722. The number of benzene rings is 1. The molecular weight excluding hydrogens is 413 g/mol. The highest BCUT2D eigenvalue weighted by atomic mass is 127.